The van der Waals surface area contributed by atoms with E-state index in [1.807, 2.05) is 0 Å². The summed E-state index contributed by atoms with van der Waals surface area (Å²) in [6, 6.07) is -1.09. The van der Waals surface area contributed by atoms with Gasteiger partial charge in [-0.2, -0.15) is 9.36 Å². The van der Waals surface area contributed by atoms with E-state index in [9.17, 15) is 33.9 Å². The zero-order valence-corrected chi connectivity index (χ0v) is 24.5. The number of ether oxygens (including phenoxy) is 2. The van der Waals surface area contributed by atoms with E-state index in [1.54, 1.807) is 20.8 Å². The fraction of sp³-hybridized carbons (Fsp3) is 0.609. The predicted molar refractivity (Wildman–Crippen MR) is 144 cm³/mol. The van der Waals surface area contributed by atoms with Crippen LogP contribution in [0.25, 0.3) is 0 Å². The number of oxime groups is 1. The van der Waals surface area contributed by atoms with Crippen LogP contribution in [0.3, 0.4) is 0 Å². The summed E-state index contributed by atoms with van der Waals surface area (Å²) >= 11 is 1.80. The van der Waals surface area contributed by atoms with Gasteiger partial charge in [-0.3, -0.25) is 24.0 Å². The number of nitrogen functional groups attached to an aromatic ring is 1. The third-order valence-corrected chi connectivity index (χ3v) is 7.86. The van der Waals surface area contributed by atoms with Gasteiger partial charge in [0.2, 0.25) is 23.0 Å². The molecule has 41 heavy (non-hydrogen) atoms. The first-order valence-electron chi connectivity index (χ1n) is 12.3. The number of nitrogens with one attached hydrogen (secondary N) is 1. The summed E-state index contributed by atoms with van der Waals surface area (Å²) in [6.45, 7) is 7.10. The van der Waals surface area contributed by atoms with Crippen molar-refractivity contribution in [2.75, 3.05) is 18.9 Å². The van der Waals surface area contributed by atoms with E-state index in [0.717, 1.165) is 35.1 Å². The highest BCUT2D eigenvalue weighted by Gasteiger charge is 2.62. The number of carboxylic acids is 1. The van der Waals surface area contributed by atoms with Crippen molar-refractivity contribution >= 4 is 69.6 Å². The molecule has 4 N–H and O–H groups in total. The number of aromatic nitrogens is 2. The molecular weight excluding hydrogens is 584 g/mol. The Morgan fingerprint density at radius 3 is 2.49 bits per heavy atom. The fourth-order valence-corrected chi connectivity index (χ4v) is 5.84. The number of rotatable bonds is 11. The smallest absolute Gasteiger partial charge is 0.351 e. The molecule has 0 saturated carbocycles. The van der Waals surface area contributed by atoms with Crippen LogP contribution in [0.15, 0.2) is 5.16 Å². The molecule has 0 bridgehead atoms. The Bertz CT molecular complexity index is 1280. The molecule has 4 atom stereocenters. The Morgan fingerprint density at radius 1 is 1.24 bits per heavy atom. The normalized spacial score (nSPS) is 24.0. The second kappa shape index (κ2) is 12.4. The number of amides is 2. The molecule has 0 radical (unpaired) electrons. The molecule has 0 aromatic carbocycles. The Kier molecular flexibility index (Phi) is 9.58. The summed E-state index contributed by atoms with van der Waals surface area (Å²) in [5.74, 6) is -5.22. The van der Waals surface area contributed by atoms with Gasteiger partial charge >= 0.3 is 17.9 Å². The molecule has 3 unspecified atom stereocenters. The van der Waals surface area contributed by atoms with Crippen molar-refractivity contribution in [2.24, 2.45) is 5.16 Å². The summed E-state index contributed by atoms with van der Waals surface area (Å²) in [7, 11) is 0. The number of carbonyl (C=O) groups is 6. The molecule has 1 aromatic rings. The van der Waals surface area contributed by atoms with E-state index in [2.05, 4.69) is 19.8 Å². The van der Waals surface area contributed by atoms with Crippen LogP contribution in [0.2, 0.25) is 0 Å². The number of β-lactam (4-membered cyclic amide) rings is 1. The standard InChI is InChI=1S/C23H30N6O10S2/c1-10(30)8-13(32)39-23(20(35)36)9-29-18(34)15(19(29)40-11(23)2)25-17(33)14(16-26-21(24)41-28-16)27-37-7-6-12(31)38-22(3,4)5/h11,15,19H,6-9H2,1-5H3,(H,25,33)(H,35,36)(H2,24,26,28)/t11?,15?,19-,23?/m1/s1. The molecule has 3 rings (SSSR count). The van der Waals surface area contributed by atoms with Crippen molar-refractivity contribution in [1.82, 2.24) is 19.6 Å². The minimum atomic E-state index is -2.09. The van der Waals surface area contributed by atoms with Crippen LogP contribution in [-0.4, -0.2) is 102 Å². The third kappa shape index (κ3) is 7.49. The SMILES string of the molecule is CC(=O)CC(=O)OC1(C(=O)O)CN2C(=O)C(NC(=O)C(=NOCCC(=O)OC(C)(C)C)c3nsc(N)n3)[C@H]2SC1C. The summed E-state index contributed by atoms with van der Waals surface area (Å²) in [5, 5.41) is 14.7. The first-order valence-corrected chi connectivity index (χ1v) is 14.0. The number of nitrogens with zero attached hydrogens (tertiary/aromatic N) is 4. The van der Waals surface area contributed by atoms with Crippen molar-refractivity contribution in [3.8, 4) is 0 Å². The second-order valence-corrected chi connectivity index (χ2v) is 12.4. The second-order valence-electron chi connectivity index (χ2n) is 10.2. The lowest BCUT2D eigenvalue weighted by Gasteiger charge is -2.55. The van der Waals surface area contributed by atoms with Gasteiger partial charge in [-0.25, -0.2) is 4.79 Å². The summed E-state index contributed by atoms with van der Waals surface area (Å²) in [5.41, 5.74) is 2.45. The summed E-state index contributed by atoms with van der Waals surface area (Å²) in [6.07, 6.45) is -0.767. The minimum absolute atomic E-state index is 0.0427. The maximum Gasteiger partial charge on any atom is 0.351 e. The van der Waals surface area contributed by atoms with Gasteiger partial charge in [0.1, 0.15) is 35.8 Å². The van der Waals surface area contributed by atoms with Crippen LogP contribution in [0.5, 0.6) is 0 Å². The van der Waals surface area contributed by atoms with Crippen LogP contribution in [0.4, 0.5) is 5.13 Å². The molecule has 3 heterocycles. The number of aliphatic carboxylic acids is 1. The number of Topliss-reactive ketones (excluding diaryl/α,β-unsaturated/α-hetero) is 1. The van der Waals surface area contributed by atoms with Gasteiger partial charge in [-0.1, -0.05) is 5.16 Å². The number of thioether (sulfide) groups is 1. The van der Waals surface area contributed by atoms with Crippen LogP contribution < -0.4 is 11.1 Å². The lowest BCUT2D eigenvalue weighted by Crippen LogP contribution is -2.77. The highest BCUT2D eigenvalue weighted by molar-refractivity contribution is 8.00. The van der Waals surface area contributed by atoms with Gasteiger partial charge in [0, 0.05) is 11.5 Å². The number of hydrogen-bond acceptors (Lipinski definition) is 15. The third-order valence-electron chi connectivity index (χ3n) is 5.73. The van der Waals surface area contributed by atoms with Gasteiger partial charge in [0.05, 0.1) is 18.2 Å². The number of carboxylic acid groups (broad SMARTS) is 1. The highest BCUT2D eigenvalue weighted by Crippen LogP contribution is 2.44. The average Bonchev–Trinajstić information content (AvgIpc) is 3.27. The van der Waals surface area contributed by atoms with Crippen LogP contribution in [-0.2, 0) is 43.1 Å². The molecule has 18 heteroatoms. The Labute approximate surface area is 242 Å². The molecule has 16 nitrogen and oxygen atoms in total. The zero-order valence-electron chi connectivity index (χ0n) is 22.9. The average molecular weight is 615 g/mol. The van der Waals surface area contributed by atoms with Crippen LogP contribution in [0.1, 0.15) is 53.3 Å². The largest absolute Gasteiger partial charge is 0.478 e. The molecule has 224 valence electrons. The lowest BCUT2D eigenvalue weighted by atomic mass is 9.94. The maximum atomic E-state index is 13.2. The molecule has 2 saturated heterocycles. The van der Waals surface area contributed by atoms with Gasteiger partial charge in [-0.15, -0.1) is 11.8 Å². The quantitative estimate of drug-likeness (QED) is 0.0726. The number of nitrogens with two attached hydrogens (primary N) is 1. The Balaban J connectivity index is 1.70. The molecule has 2 fully saturated rings. The van der Waals surface area contributed by atoms with Gasteiger partial charge in [0.25, 0.3) is 5.91 Å². The number of carbonyl (C=O) groups excluding carboxylic acids is 5. The Morgan fingerprint density at radius 2 is 1.93 bits per heavy atom. The highest BCUT2D eigenvalue weighted by atomic mass is 32.2. The predicted octanol–water partition coefficient (Wildman–Crippen LogP) is -0.293. The van der Waals surface area contributed by atoms with E-state index < -0.39 is 82.1 Å². The zero-order chi connectivity index (χ0) is 30.7. The molecule has 2 aliphatic heterocycles. The monoisotopic (exact) mass is 614 g/mol. The van der Waals surface area contributed by atoms with Crippen molar-refractivity contribution in [3.63, 3.8) is 0 Å². The van der Waals surface area contributed by atoms with E-state index in [0.29, 0.717) is 0 Å². The summed E-state index contributed by atoms with van der Waals surface area (Å²) in [4.78, 5) is 83.8. The van der Waals surface area contributed by atoms with E-state index in [-0.39, 0.29) is 24.0 Å². The topological polar surface area (TPSA) is 230 Å². The van der Waals surface area contributed by atoms with Crippen molar-refractivity contribution in [3.05, 3.63) is 5.82 Å². The molecule has 0 aliphatic carbocycles. The van der Waals surface area contributed by atoms with Crippen molar-refractivity contribution in [1.29, 1.82) is 0 Å². The van der Waals surface area contributed by atoms with Gasteiger partial charge < -0.3 is 35.4 Å². The van der Waals surface area contributed by atoms with Crippen molar-refractivity contribution in [2.45, 2.75) is 75.3 Å². The lowest BCUT2D eigenvalue weighted by molar-refractivity contribution is -0.187. The number of ketones is 1. The van der Waals surface area contributed by atoms with Gasteiger partial charge in [-0.05, 0) is 34.6 Å². The molecule has 2 aliphatic rings. The molecule has 2 amide bonds. The van der Waals surface area contributed by atoms with Gasteiger partial charge in [0.15, 0.2) is 5.13 Å². The number of esters is 2. The molecule has 1 aromatic heterocycles. The van der Waals surface area contributed by atoms with Crippen LogP contribution in [0, 0.1) is 0 Å². The summed E-state index contributed by atoms with van der Waals surface area (Å²) < 4.78 is 14.4. The fourth-order valence-electron chi connectivity index (χ4n) is 3.88. The first-order chi connectivity index (χ1) is 19.0. The van der Waals surface area contributed by atoms with Crippen molar-refractivity contribution < 1.29 is 48.2 Å². The number of fused-ring (bicyclic) bond motifs is 1. The van der Waals surface area contributed by atoms with E-state index >= 15 is 0 Å². The maximum absolute atomic E-state index is 13.2. The van der Waals surface area contributed by atoms with E-state index in [4.69, 9.17) is 20.0 Å². The van der Waals surface area contributed by atoms with E-state index in [1.165, 1.54) is 6.92 Å². The van der Waals surface area contributed by atoms with Crippen LogP contribution >= 0.6 is 23.3 Å². The Hall–Kier alpha value is -3.80. The molecule has 0 spiro atoms. The minimum Gasteiger partial charge on any atom is -0.478 e. The first kappa shape index (κ1) is 31.7. The number of hydrogen-bond donors (Lipinski definition) is 3. The number of anilines is 1. The molecular formula is C23H30N6O10S2.